The zero-order valence-electron chi connectivity index (χ0n) is 11.5. The maximum Gasteiger partial charge on any atom is 0.234 e. The second-order valence-electron chi connectivity index (χ2n) is 5.33. The highest BCUT2D eigenvalue weighted by Gasteiger charge is 2.36. The molecule has 1 atom stereocenters. The van der Waals surface area contributed by atoms with Gasteiger partial charge in [0.1, 0.15) is 0 Å². The lowest BCUT2D eigenvalue weighted by atomic mass is 9.98. The Morgan fingerprint density at radius 3 is 2.75 bits per heavy atom. The third-order valence-corrected chi connectivity index (χ3v) is 3.94. The van der Waals surface area contributed by atoms with E-state index in [1.165, 1.54) is 0 Å². The van der Waals surface area contributed by atoms with Gasteiger partial charge in [0.2, 0.25) is 5.89 Å². The van der Waals surface area contributed by atoms with E-state index >= 15 is 0 Å². The molecular formula is C14H19ClN4O. The number of nitrogens with two attached hydrogens (primary N) is 1. The first kappa shape index (κ1) is 14.9. The minimum Gasteiger partial charge on any atom is -0.339 e. The minimum atomic E-state index is -0.392. The van der Waals surface area contributed by atoms with Gasteiger partial charge in [0.05, 0.1) is 11.5 Å². The summed E-state index contributed by atoms with van der Waals surface area (Å²) in [6.45, 7) is 2.03. The van der Waals surface area contributed by atoms with Gasteiger partial charge in [0.25, 0.3) is 0 Å². The van der Waals surface area contributed by atoms with Crippen LogP contribution in [-0.2, 0) is 5.54 Å². The van der Waals surface area contributed by atoms with Crippen LogP contribution >= 0.6 is 12.4 Å². The molecule has 0 bridgehead atoms. The van der Waals surface area contributed by atoms with E-state index in [1.807, 2.05) is 25.3 Å². The van der Waals surface area contributed by atoms with Gasteiger partial charge < -0.3 is 10.3 Å². The van der Waals surface area contributed by atoms with Crippen molar-refractivity contribution in [1.29, 1.82) is 0 Å². The average Bonchev–Trinajstić information content (AvgIpc) is 3.08. The van der Waals surface area contributed by atoms with E-state index in [-0.39, 0.29) is 18.3 Å². The molecule has 0 aliphatic heterocycles. The molecule has 1 aliphatic rings. The standard InChI is InChI=1S/C14H18N4O.ClH/c1-10(11-5-4-8-16-9-11)12-17-13(18-19-12)14(15)6-2-3-7-14;/h4-5,8-10H,2-3,6-7,15H2,1H3;1H. The predicted molar refractivity (Wildman–Crippen MR) is 77.6 cm³/mol. The Labute approximate surface area is 124 Å². The van der Waals surface area contributed by atoms with Crippen molar-refractivity contribution in [2.75, 3.05) is 0 Å². The van der Waals surface area contributed by atoms with Gasteiger partial charge in [-0.15, -0.1) is 12.4 Å². The van der Waals surface area contributed by atoms with Crippen LogP contribution in [-0.4, -0.2) is 15.1 Å². The van der Waals surface area contributed by atoms with Crippen LogP contribution < -0.4 is 5.73 Å². The molecule has 0 spiro atoms. The Hall–Kier alpha value is -1.46. The third kappa shape index (κ3) is 2.69. The van der Waals surface area contributed by atoms with E-state index in [0.717, 1.165) is 31.2 Å². The summed E-state index contributed by atoms with van der Waals surface area (Å²) in [7, 11) is 0. The third-order valence-electron chi connectivity index (χ3n) is 3.94. The Bertz CT molecular complexity index is 551. The molecule has 1 saturated carbocycles. The van der Waals surface area contributed by atoms with Gasteiger partial charge in [-0.05, 0) is 31.4 Å². The highest BCUT2D eigenvalue weighted by Crippen LogP contribution is 2.35. The number of hydrogen-bond acceptors (Lipinski definition) is 5. The van der Waals surface area contributed by atoms with E-state index < -0.39 is 5.54 Å². The molecule has 1 fully saturated rings. The van der Waals surface area contributed by atoms with Gasteiger partial charge in [-0.25, -0.2) is 0 Å². The molecule has 5 nitrogen and oxygen atoms in total. The van der Waals surface area contributed by atoms with Crippen LogP contribution in [0.2, 0.25) is 0 Å². The summed E-state index contributed by atoms with van der Waals surface area (Å²) in [4.78, 5) is 8.62. The second-order valence-corrected chi connectivity index (χ2v) is 5.33. The molecule has 1 unspecified atom stereocenters. The van der Waals surface area contributed by atoms with Gasteiger partial charge >= 0.3 is 0 Å². The van der Waals surface area contributed by atoms with Crippen LogP contribution in [0.3, 0.4) is 0 Å². The molecule has 0 aromatic carbocycles. The van der Waals surface area contributed by atoms with Crippen LogP contribution in [0.4, 0.5) is 0 Å². The molecule has 20 heavy (non-hydrogen) atoms. The van der Waals surface area contributed by atoms with Crippen LogP contribution in [0.25, 0.3) is 0 Å². The molecule has 2 N–H and O–H groups in total. The molecule has 1 aliphatic carbocycles. The minimum absolute atomic E-state index is 0. The van der Waals surface area contributed by atoms with E-state index in [9.17, 15) is 0 Å². The first-order valence-corrected chi connectivity index (χ1v) is 6.72. The summed E-state index contributed by atoms with van der Waals surface area (Å²) in [5.74, 6) is 1.30. The van der Waals surface area contributed by atoms with Crippen molar-refractivity contribution in [2.45, 2.75) is 44.1 Å². The smallest absolute Gasteiger partial charge is 0.234 e. The van der Waals surface area contributed by atoms with Gasteiger partial charge in [-0.3, -0.25) is 4.98 Å². The number of halogens is 1. The lowest BCUT2D eigenvalue weighted by molar-refractivity contribution is 0.344. The highest BCUT2D eigenvalue weighted by atomic mass is 35.5. The lowest BCUT2D eigenvalue weighted by Gasteiger charge is -2.17. The normalized spacial score (nSPS) is 18.5. The zero-order chi connectivity index (χ0) is 13.3. The summed E-state index contributed by atoms with van der Waals surface area (Å²) in [5.41, 5.74) is 7.01. The zero-order valence-corrected chi connectivity index (χ0v) is 12.3. The van der Waals surface area contributed by atoms with Crippen molar-refractivity contribution in [3.63, 3.8) is 0 Å². The topological polar surface area (TPSA) is 77.8 Å². The maximum atomic E-state index is 6.34. The maximum absolute atomic E-state index is 6.34. The van der Waals surface area contributed by atoms with Gasteiger partial charge in [-0.2, -0.15) is 4.98 Å². The quantitative estimate of drug-likeness (QED) is 0.942. The molecule has 2 heterocycles. The molecule has 2 aromatic rings. The Morgan fingerprint density at radius 2 is 2.10 bits per heavy atom. The molecule has 0 saturated heterocycles. The Morgan fingerprint density at radius 1 is 1.35 bits per heavy atom. The fourth-order valence-corrected chi connectivity index (χ4v) is 2.62. The summed E-state index contributed by atoms with van der Waals surface area (Å²) in [6.07, 6.45) is 7.72. The summed E-state index contributed by atoms with van der Waals surface area (Å²) < 4.78 is 5.39. The summed E-state index contributed by atoms with van der Waals surface area (Å²) >= 11 is 0. The number of rotatable bonds is 3. The molecule has 3 rings (SSSR count). The molecular weight excluding hydrogens is 276 g/mol. The molecule has 6 heteroatoms. The van der Waals surface area contributed by atoms with Crippen LogP contribution in [0.15, 0.2) is 29.0 Å². The largest absolute Gasteiger partial charge is 0.339 e. The fraction of sp³-hybridized carbons (Fsp3) is 0.500. The van der Waals surface area contributed by atoms with E-state index in [4.69, 9.17) is 10.3 Å². The average molecular weight is 295 g/mol. The number of hydrogen-bond donors (Lipinski definition) is 1. The van der Waals surface area contributed by atoms with Crippen LogP contribution in [0.1, 0.15) is 55.8 Å². The van der Waals surface area contributed by atoms with Crippen LogP contribution in [0, 0.1) is 0 Å². The van der Waals surface area contributed by atoms with E-state index in [1.54, 1.807) is 6.20 Å². The van der Waals surface area contributed by atoms with E-state index in [2.05, 4.69) is 15.1 Å². The SMILES string of the molecule is CC(c1cccnc1)c1nc(C2(N)CCCC2)no1.Cl. The van der Waals surface area contributed by atoms with Crippen LogP contribution in [0.5, 0.6) is 0 Å². The fourth-order valence-electron chi connectivity index (χ4n) is 2.62. The first-order valence-electron chi connectivity index (χ1n) is 6.72. The molecule has 108 valence electrons. The number of pyridine rings is 1. The second kappa shape index (κ2) is 5.89. The van der Waals surface area contributed by atoms with Crippen molar-refractivity contribution in [2.24, 2.45) is 5.73 Å². The molecule has 2 aromatic heterocycles. The Balaban J connectivity index is 0.00000147. The van der Waals surface area contributed by atoms with Crippen molar-refractivity contribution < 1.29 is 4.52 Å². The van der Waals surface area contributed by atoms with Gasteiger partial charge in [0, 0.05) is 12.4 Å². The predicted octanol–water partition coefficient (Wildman–Crippen LogP) is 2.77. The van der Waals surface area contributed by atoms with E-state index in [0.29, 0.717) is 11.7 Å². The monoisotopic (exact) mass is 294 g/mol. The van der Waals surface area contributed by atoms with Gasteiger partial charge in [0.15, 0.2) is 5.82 Å². The van der Waals surface area contributed by atoms with Gasteiger partial charge in [-0.1, -0.05) is 24.1 Å². The number of aromatic nitrogens is 3. The van der Waals surface area contributed by atoms with Crippen molar-refractivity contribution in [1.82, 2.24) is 15.1 Å². The summed E-state index contributed by atoms with van der Waals surface area (Å²) in [6, 6.07) is 3.92. The lowest BCUT2D eigenvalue weighted by Crippen LogP contribution is -2.34. The Kier molecular flexibility index (Phi) is 4.40. The first-order chi connectivity index (χ1) is 9.19. The molecule has 0 radical (unpaired) electrons. The molecule has 0 amide bonds. The van der Waals surface area contributed by atoms with Crippen molar-refractivity contribution >= 4 is 12.4 Å². The number of nitrogens with zero attached hydrogens (tertiary/aromatic N) is 3. The van der Waals surface area contributed by atoms with Crippen molar-refractivity contribution in [3.05, 3.63) is 41.8 Å². The summed E-state index contributed by atoms with van der Waals surface area (Å²) in [5, 5.41) is 4.09. The van der Waals surface area contributed by atoms with Crippen molar-refractivity contribution in [3.8, 4) is 0 Å². The highest BCUT2D eigenvalue weighted by molar-refractivity contribution is 5.85.